The van der Waals surface area contributed by atoms with Gasteiger partial charge in [0.2, 0.25) is 11.7 Å². The van der Waals surface area contributed by atoms with E-state index in [1.54, 1.807) is 6.07 Å². The van der Waals surface area contributed by atoms with Gasteiger partial charge >= 0.3 is 5.82 Å². The van der Waals surface area contributed by atoms with Gasteiger partial charge in [0.25, 0.3) is 0 Å². The Hall–Kier alpha value is -2.22. The van der Waals surface area contributed by atoms with Crippen LogP contribution < -0.4 is 16.0 Å². The first kappa shape index (κ1) is 14.8. The van der Waals surface area contributed by atoms with Crippen molar-refractivity contribution in [3.63, 3.8) is 0 Å². The van der Waals surface area contributed by atoms with Crippen molar-refractivity contribution in [3.8, 4) is 5.75 Å². The maximum Gasteiger partial charge on any atom is 0.406 e. The molecule has 0 aliphatic rings. The average molecular weight is 268 g/mol. The number of pyridine rings is 1. The van der Waals surface area contributed by atoms with Crippen LogP contribution in [0.4, 0.5) is 5.82 Å². The zero-order valence-corrected chi connectivity index (χ0v) is 10.4. The van der Waals surface area contributed by atoms with E-state index in [2.05, 4.69) is 4.98 Å². The molecule has 0 fully saturated rings. The van der Waals surface area contributed by atoms with Crippen LogP contribution in [0, 0.1) is 10.1 Å². The van der Waals surface area contributed by atoms with Crippen LogP contribution in [0.5, 0.6) is 5.75 Å². The van der Waals surface area contributed by atoms with Gasteiger partial charge in [-0.15, -0.1) is 0 Å². The van der Waals surface area contributed by atoms with E-state index < -0.39 is 4.92 Å². The summed E-state index contributed by atoms with van der Waals surface area (Å²) in [7, 11) is 0. The number of hydrogen-bond acceptors (Lipinski definition) is 6. The van der Waals surface area contributed by atoms with Crippen LogP contribution in [-0.4, -0.2) is 22.4 Å². The monoisotopic (exact) mass is 268 g/mol. The number of amides is 1. The Balaban J connectivity index is 2.26. The number of rotatable bonds is 8. The highest BCUT2D eigenvalue weighted by Crippen LogP contribution is 2.22. The van der Waals surface area contributed by atoms with Gasteiger partial charge in [-0.3, -0.25) is 10.2 Å². The van der Waals surface area contributed by atoms with Crippen LogP contribution in [-0.2, 0) is 4.79 Å². The standard InChI is InChI=1S/C11H16N4O4/c12-14-10(16)6-2-1-3-8-19-9-5-4-7-13-11(9)15(17)18/h4-5,7H,1-3,6,8,12H2,(H,14,16). The lowest BCUT2D eigenvalue weighted by atomic mass is 10.2. The molecule has 104 valence electrons. The van der Waals surface area contributed by atoms with Crippen molar-refractivity contribution in [2.24, 2.45) is 5.84 Å². The van der Waals surface area contributed by atoms with Crippen molar-refractivity contribution in [2.75, 3.05) is 6.61 Å². The number of hydrazine groups is 1. The predicted octanol–water partition coefficient (Wildman–Crippen LogP) is 0.919. The van der Waals surface area contributed by atoms with Gasteiger partial charge < -0.3 is 14.9 Å². The van der Waals surface area contributed by atoms with Crippen LogP contribution in [0.15, 0.2) is 18.3 Å². The first-order chi connectivity index (χ1) is 9.15. The van der Waals surface area contributed by atoms with E-state index in [0.717, 1.165) is 6.42 Å². The van der Waals surface area contributed by atoms with Gasteiger partial charge in [0.1, 0.15) is 6.20 Å². The Bertz CT molecular complexity index is 438. The van der Waals surface area contributed by atoms with Crippen molar-refractivity contribution in [2.45, 2.75) is 25.7 Å². The summed E-state index contributed by atoms with van der Waals surface area (Å²) in [6, 6.07) is 3.08. The van der Waals surface area contributed by atoms with E-state index in [9.17, 15) is 14.9 Å². The molecule has 1 rings (SSSR count). The van der Waals surface area contributed by atoms with E-state index in [4.69, 9.17) is 10.6 Å². The molecule has 1 amide bonds. The Morgan fingerprint density at radius 3 is 2.95 bits per heavy atom. The molecule has 3 N–H and O–H groups in total. The number of nitrogens with zero attached hydrogens (tertiary/aromatic N) is 2. The second-order valence-corrected chi connectivity index (χ2v) is 3.81. The lowest BCUT2D eigenvalue weighted by Crippen LogP contribution is -2.29. The van der Waals surface area contributed by atoms with Crippen LogP contribution in [0.25, 0.3) is 0 Å². The number of carbonyl (C=O) groups excluding carboxylic acids is 1. The lowest BCUT2D eigenvalue weighted by Gasteiger charge is -2.05. The third-order valence-electron chi connectivity index (χ3n) is 2.39. The van der Waals surface area contributed by atoms with Gasteiger partial charge in [0.05, 0.1) is 6.61 Å². The summed E-state index contributed by atoms with van der Waals surface area (Å²) < 4.78 is 5.30. The fourth-order valence-electron chi connectivity index (χ4n) is 1.45. The fraction of sp³-hybridized carbons (Fsp3) is 0.455. The second kappa shape index (κ2) is 7.98. The molecule has 8 nitrogen and oxygen atoms in total. The molecule has 8 heteroatoms. The Labute approximate surface area is 110 Å². The molecule has 0 radical (unpaired) electrons. The largest absolute Gasteiger partial charge is 0.486 e. The van der Waals surface area contributed by atoms with Gasteiger partial charge in [-0.2, -0.15) is 0 Å². The number of nitro groups is 1. The molecule has 0 aliphatic carbocycles. The van der Waals surface area contributed by atoms with Crippen molar-refractivity contribution < 1.29 is 14.5 Å². The molecule has 0 saturated carbocycles. The summed E-state index contributed by atoms with van der Waals surface area (Å²) in [6.07, 6.45) is 3.88. The highest BCUT2D eigenvalue weighted by Gasteiger charge is 2.14. The van der Waals surface area contributed by atoms with E-state index in [1.165, 1.54) is 12.3 Å². The third kappa shape index (κ3) is 5.30. The lowest BCUT2D eigenvalue weighted by molar-refractivity contribution is -0.390. The smallest absolute Gasteiger partial charge is 0.406 e. The summed E-state index contributed by atoms with van der Waals surface area (Å²) in [5.41, 5.74) is 2.05. The molecule has 1 aromatic rings. The minimum Gasteiger partial charge on any atom is -0.486 e. The Morgan fingerprint density at radius 1 is 1.47 bits per heavy atom. The second-order valence-electron chi connectivity index (χ2n) is 3.81. The van der Waals surface area contributed by atoms with Crippen molar-refractivity contribution in [3.05, 3.63) is 28.4 Å². The Morgan fingerprint density at radius 2 is 2.26 bits per heavy atom. The van der Waals surface area contributed by atoms with Gasteiger partial charge in [-0.25, -0.2) is 5.84 Å². The maximum absolute atomic E-state index is 10.8. The average Bonchev–Trinajstić information content (AvgIpc) is 2.42. The summed E-state index contributed by atoms with van der Waals surface area (Å²) in [4.78, 5) is 24.6. The molecule has 0 spiro atoms. The number of carbonyl (C=O) groups is 1. The van der Waals surface area contributed by atoms with E-state index in [-0.39, 0.29) is 17.5 Å². The summed E-state index contributed by atoms with van der Waals surface area (Å²) in [5.74, 6) is 4.61. The molecule has 0 aromatic carbocycles. The quantitative estimate of drug-likeness (QED) is 0.238. The maximum atomic E-state index is 10.8. The molecule has 0 aliphatic heterocycles. The highest BCUT2D eigenvalue weighted by molar-refractivity contribution is 5.75. The summed E-state index contributed by atoms with van der Waals surface area (Å²) >= 11 is 0. The molecule has 19 heavy (non-hydrogen) atoms. The van der Waals surface area contributed by atoms with E-state index in [0.29, 0.717) is 25.9 Å². The van der Waals surface area contributed by atoms with Crippen LogP contribution in [0.3, 0.4) is 0 Å². The minimum absolute atomic E-state index is 0.159. The normalized spacial score (nSPS) is 9.95. The van der Waals surface area contributed by atoms with Crippen molar-refractivity contribution >= 4 is 11.7 Å². The SMILES string of the molecule is NNC(=O)CCCCCOc1cccnc1[N+](=O)[O-]. The van der Waals surface area contributed by atoms with Crippen LogP contribution in [0.2, 0.25) is 0 Å². The van der Waals surface area contributed by atoms with Gasteiger partial charge in [0, 0.05) is 6.42 Å². The first-order valence-corrected chi connectivity index (χ1v) is 5.87. The van der Waals surface area contributed by atoms with E-state index >= 15 is 0 Å². The molecule has 1 heterocycles. The van der Waals surface area contributed by atoms with E-state index in [1.807, 2.05) is 5.43 Å². The molecule has 0 saturated heterocycles. The fourth-order valence-corrected chi connectivity index (χ4v) is 1.45. The van der Waals surface area contributed by atoms with Crippen LogP contribution in [0.1, 0.15) is 25.7 Å². The molecular weight excluding hydrogens is 252 g/mol. The molecule has 0 unspecified atom stereocenters. The number of nitrogens with one attached hydrogen (secondary N) is 1. The predicted molar refractivity (Wildman–Crippen MR) is 67.2 cm³/mol. The number of hydrogen-bond donors (Lipinski definition) is 2. The molecular formula is C11H16N4O4. The molecule has 0 bridgehead atoms. The van der Waals surface area contributed by atoms with Crippen molar-refractivity contribution in [1.82, 2.24) is 10.4 Å². The third-order valence-corrected chi connectivity index (χ3v) is 2.39. The van der Waals surface area contributed by atoms with Crippen LogP contribution >= 0.6 is 0 Å². The number of aromatic nitrogens is 1. The molecule has 1 aromatic heterocycles. The van der Waals surface area contributed by atoms with Gasteiger partial charge in [-0.05, 0) is 41.3 Å². The van der Waals surface area contributed by atoms with Crippen molar-refractivity contribution in [1.29, 1.82) is 0 Å². The number of ether oxygens (including phenoxy) is 1. The molecule has 0 atom stereocenters. The van der Waals surface area contributed by atoms with Gasteiger partial charge in [0.15, 0.2) is 0 Å². The van der Waals surface area contributed by atoms with Gasteiger partial charge in [-0.1, -0.05) is 0 Å². The summed E-state index contributed by atoms with van der Waals surface area (Å²) in [6.45, 7) is 0.344. The highest BCUT2D eigenvalue weighted by atomic mass is 16.6. The number of unbranched alkanes of at least 4 members (excludes halogenated alkanes) is 2. The topological polar surface area (TPSA) is 120 Å². The Kier molecular flexibility index (Phi) is 6.23. The minimum atomic E-state index is -0.582. The first-order valence-electron chi connectivity index (χ1n) is 5.87. The zero-order chi connectivity index (χ0) is 14.1. The summed E-state index contributed by atoms with van der Waals surface area (Å²) in [5, 5.41) is 10.7. The number of nitrogens with two attached hydrogens (primary N) is 1. The zero-order valence-electron chi connectivity index (χ0n) is 10.4.